The highest BCUT2D eigenvalue weighted by molar-refractivity contribution is 7.80. The summed E-state index contributed by atoms with van der Waals surface area (Å²) in [4.78, 5) is 0. The van der Waals surface area contributed by atoms with E-state index < -0.39 is 0 Å². The summed E-state index contributed by atoms with van der Waals surface area (Å²) < 4.78 is 5.84. The molecule has 0 spiro atoms. The number of hydrogen-bond donors (Lipinski definition) is 2. The fourth-order valence-electron chi connectivity index (χ4n) is 3.08. The van der Waals surface area contributed by atoms with Crippen LogP contribution in [0.25, 0.3) is 0 Å². The Hall–Kier alpha value is -2.26. The van der Waals surface area contributed by atoms with Gasteiger partial charge >= 0.3 is 0 Å². The second kappa shape index (κ2) is 8.62. The van der Waals surface area contributed by atoms with Crippen LogP contribution in [-0.4, -0.2) is 5.11 Å². The molecule has 0 unspecified atom stereocenters. The van der Waals surface area contributed by atoms with Gasteiger partial charge in [0.05, 0.1) is 27.7 Å². The van der Waals surface area contributed by atoms with E-state index in [-0.39, 0.29) is 11.5 Å². The van der Waals surface area contributed by atoms with E-state index in [1.165, 1.54) is 0 Å². The topological polar surface area (TPSA) is 57.1 Å². The van der Waals surface area contributed by atoms with Gasteiger partial charge < -0.3 is 15.4 Å². The summed E-state index contributed by atoms with van der Waals surface area (Å²) in [5.74, 6) is 0.717. The van der Waals surface area contributed by atoms with Crippen molar-refractivity contribution >= 4 is 40.5 Å². The lowest BCUT2D eigenvalue weighted by Crippen LogP contribution is -2.46. The maximum Gasteiger partial charge on any atom is 0.171 e. The van der Waals surface area contributed by atoms with Crippen LogP contribution < -0.4 is 15.4 Å². The van der Waals surface area contributed by atoms with E-state index in [1.807, 2.05) is 30.3 Å². The van der Waals surface area contributed by atoms with Gasteiger partial charge in [0.2, 0.25) is 0 Å². The summed E-state index contributed by atoms with van der Waals surface area (Å²) in [6.45, 7) is 6.54. The van der Waals surface area contributed by atoms with Gasteiger partial charge in [-0.3, -0.25) is 0 Å². The highest BCUT2D eigenvalue weighted by Crippen LogP contribution is 2.35. The molecule has 1 atom stereocenters. The van der Waals surface area contributed by atoms with Crippen molar-refractivity contribution in [2.45, 2.75) is 33.4 Å². The Bertz CT molecular complexity index is 1000. The molecule has 0 saturated carbocycles. The quantitative estimate of drug-likeness (QED) is 0.572. The molecule has 4 nitrogen and oxygen atoms in total. The van der Waals surface area contributed by atoms with E-state index in [9.17, 15) is 5.26 Å². The number of hydrogen-bond acceptors (Lipinski definition) is 3. The maximum absolute atomic E-state index is 9.77. The second-order valence-corrected chi connectivity index (χ2v) is 9.01. The Kier molecular flexibility index (Phi) is 6.38. The minimum atomic E-state index is -0.299. The Morgan fingerprint density at radius 3 is 2.38 bits per heavy atom. The van der Waals surface area contributed by atoms with Crippen LogP contribution in [0.1, 0.15) is 37.9 Å². The first-order valence-corrected chi connectivity index (χ1v) is 10.2. The van der Waals surface area contributed by atoms with Gasteiger partial charge in [0.15, 0.2) is 5.11 Å². The molecule has 2 aromatic rings. The Morgan fingerprint density at radius 2 is 1.79 bits per heavy atom. The third-order valence-electron chi connectivity index (χ3n) is 4.55. The van der Waals surface area contributed by atoms with Crippen LogP contribution in [0.15, 0.2) is 53.7 Å². The van der Waals surface area contributed by atoms with E-state index in [0.717, 1.165) is 22.6 Å². The Balaban J connectivity index is 1.79. The van der Waals surface area contributed by atoms with E-state index in [4.69, 9.17) is 40.2 Å². The van der Waals surface area contributed by atoms with Crippen LogP contribution in [-0.2, 0) is 6.61 Å². The number of benzene rings is 2. The van der Waals surface area contributed by atoms with E-state index in [1.54, 1.807) is 12.1 Å². The first-order chi connectivity index (χ1) is 13.7. The van der Waals surface area contributed by atoms with Crippen molar-refractivity contribution in [1.82, 2.24) is 10.6 Å². The molecule has 2 N–H and O–H groups in total. The third-order valence-corrected chi connectivity index (χ3v) is 5.50. The zero-order chi connectivity index (χ0) is 21.2. The van der Waals surface area contributed by atoms with Crippen LogP contribution in [0.4, 0.5) is 0 Å². The standard InChI is InChI=1S/C22H21Cl2N3OS/c1-22(2,3)20-16(11-25)19(26-21(29)27-20)14-5-7-15(8-6-14)28-12-13-4-9-17(23)18(24)10-13/h4-10,19H,12H2,1-3H3,(H2,26,27,29)/t19-/m0/s1. The van der Waals surface area contributed by atoms with Crippen molar-refractivity contribution in [2.75, 3.05) is 0 Å². The molecule has 2 aromatic carbocycles. The highest BCUT2D eigenvalue weighted by Gasteiger charge is 2.32. The lowest BCUT2D eigenvalue weighted by atomic mass is 9.84. The van der Waals surface area contributed by atoms with Crippen molar-refractivity contribution < 1.29 is 4.74 Å². The van der Waals surface area contributed by atoms with Crippen LogP contribution in [0.3, 0.4) is 0 Å². The average Bonchev–Trinajstić information content (AvgIpc) is 2.68. The number of ether oxygens (including phenoxy) is 1. The number of allylic oxidation sites excluding steroid dienone is 1. The van der Waals surface area contributed by atoms with Crippen LogP contribution in [0.5, 0.6) is 5.75 Å². The maximum atomic E-state index is 9.77. The van der Waals surface area contributed by atoms with Gasteiger partial charge in [0.1, 0.15) is 12.4 Å². The zero-order valence-electron chi connectivity index (χ0n) is 16.3. The Morgan fingerprint density at radius 1 is 1.10 bits per heavy atom. The molecule has 1 aliphatic heterocycles. The molecule has 0 amide bonds. The van der Waals surface area contributed by atoms with Crippen LogP contribution in [0, 0.1) is 16.7 Å². The van der Waals surface area contributed by atoms with Crippen molar-refractivity contribution in [2.24, 2.45) is 5.41 Å². The number of nitrogens with one attached hydrogen (secondary N) is 2. The minimum Gasteiger partial charge on any atom is -0.489 e. The lowest BCUT2D eigenvalue weighted by Gasteiger charge is -2.34. The molecule has 0 saturated heterocycles. The van der Waals surface area contributed by atoms with Crippen LogP contribution in [0.2, 0.25) is 10.0 Å². The summed E-state index contributed by atoms with van der Waals surface area (Å²) in [5.41, 5.74) is 3.12. The van der Waals surface area contributed by atoms with Gasteiger partial charge in [-0.15, -0.1) is 0 Å². The van der Waals surface area contributed by atoms with Gasteiger partial charge in [-0.1, -0.05) is 62.2 Å². The SMILES string of the molecule is CC(C)(C)C1=C(C#N)[C@H](c2ccc(OCc3ccc(Cl)c(Cl)c3)cc2)NC(=S)N1. The van der Waals surface area contributed by atoms with Gasteiger partial charge in [-0.2, -0.15) is 5.26 Å². The minimum absolute atomic E-state index is 0.224. The summed E-state index contributed by atoms with van der Waals surface area (Å²) >= 11 is 17.3. The molecule has 150 valence electrons. The highest BCUT2D eigenvalue weighted by atomic mass is 35.5. The number of nitriles is 1. The summed E-state index contributed by atoms with van der Waals surface area (Å²) in [7, 11) is 0. The molecule has 0 radical (unpaired) electrons. The van der Waals surface area contributed by atoms with Gasteiger partial charge in [0.25, 0.3) is 0 Å². The first-order valence-electron chi connectivity index (χ1n) is 9.08. The monoisotopic (exact) mass is 445 g/mol. The second-order valence-electron chi connectivity index (χ2n) is 7.79. The van der Waals surface area contributed by atoms with Crippen molar-refractivity contribution in [3.05, 3.63) is 74.9 Å². The molecule has 1 aliphatic rings. The molecule has 0 fully saturated rings. The molecule has 1 heterocycles. The first kappa shape index (κ1) is 21.4. The fraction of sp³-hybridized carbons (Fsp3) is 0.273. The molecule has 0 aromatic heterocycles. The molecular formula is C22H21Cl2N3OS. The van der Waals surface area contributed by atoms with Gasteiger partial charge in [-0.25, -0.2) is 0 Å². The molecule has 3 rings (SSSR count). The molecular weight excluding hydrogens is 425 g/mol. The van der Waals surface area contributed by atoms with Gasteiger partial charge in [0, 0.05) is 11.1 Å². The smallest absolute Gasteiger partial charge is 0.171 e. The number of thiocarbonyl (C=S) groups is 1. The van der Waals surface area contributed by atoms with Crippen molar-refractivity contribution in [1.29, 1.82) is 5.26 Å². The normalized spacial score (nSPS) is 16.7. The summed E-state index contributed by atoms with van der Waals surface area (Å²) in [6, 6.07) is 15.1. The average molecular weight is 446 g/mol. The van der Waals surface area contributed by atoms with E-state index in [2.05, 4.69) is 37.5 Å². The van der Waals surface area contributed by atoms with Gasteiger partial charge in [-0.05, 0) is 47.6 Å². The molecule has 0 bridgehead atoms. The number of rotatable bonds is 4. The van der Waals surface area contributed by atoms with Crippen molar-refractivity contribution in [3.63, 3.8) is 0 Å². The fourth-order valence-corrected chi connectivity index (χ4v) is 3.62. The largest absolute Gasteiger partial charge is 0.489 e. The zero-order valence-corrected chi connectivity index (χ0v) is 18.7. The Labute approximate surface area is 186 Å². The number of halogens is 2. The molecule has 0 aliphatic carbocycles. The van der Waals surface area contributed by atoms with E-state index >= 15 is 0 Å². The number of nitrogens with zero attached hydrogens (tertiary/aromatic N) is 1. The lowest BCUT2D eigenvalue weighted by molar-refractivity contribution is 0.306. The molecule has 7 heteroatoms. The third kappa shape index (κ3) is 5.02. The predicted molar refractivity (Wildman–Crippen MR) is 121 cm³/mol. The van der Waals surface area contributed by atoms with Crippen LogP contribution >= 0.6 is 35.4 Å². The summed E-state index contributed by atoms with van der Waals surface area (Å²) in [6.07, 6.45) is 0. The van der Waals surface area contributed by atoms with Crippen molar-refractivity contribution in [3.8, 4) is 11.8 Å². The summed E-state index contributed by atoms with van der Waals surface area (Å²) in [5, 5.41) is 17.6. The predicted octanol–water partition coefficient (Wildman–Crippen LogP) is 5.91. The van der Waals surface area contributed by atoms with E-state index in [0.29, 0.717) is 27.3 Å². The molecule has 29 heavy (non-hydrogen) atoms.